The smallest absolute Gasteiger partial charge is 0.119 e. The summed E-state index contributed by atoms with van der Waals surface area (Å²) in [5, 5.41) is 11.4. The van der Waals surface area contributed by atoms with Crippen molar-refractivity contribution in [3.8, 4) is 0 Å². The Bertz CT molecular complexity index is 413. The lowest BCUT2D eigenvalue weighted by Crippen LogP contribution is -2.55. The normalized spacial score (nSPS) is 58.3. The first kappa shape index (κ1) is 9.67. The predicted molar refractivity (Wildman–Crippen MR) is 61.0 cm³/mol. The molecule has 4 rings (SSSR count). The number of aliphatic hydroxyl groups is 1. The first-order valence-electron chi connectivity index (χ1n) is 6.62. The van der Waals surface area contributed by atoms with E-state index in [1.54, 1.807) is 0 Å². The molecule has 16 heavy (non-hydrogen) atoms. The maximum absolute atomic E-state index is 11.4. The van der Waals surface area contributed by atoms with Crippen molar-refractivity contribution in [2.24, 2.45) is 11.3 Å². The van der Waals surface area contributed by atoms with Gasteiger partial charge in [-0.2, -0.15) is 0 Å². The molecule has 0 aromatic rings. The summed E-state index contributed by atoms with van der Waals surface area (Å²) < 4.78 is 6.19. The van der Waals surface area contributed by atoms with E-state index in [0.29, 0.717) is 5.92 Å². The molecule has 0 radical (unpaired) electrons. The van der Waals surface area contributed by atoms with Crippen LogP contribution in [0.4, 0.5) is 0 Å². The van der Waals surface area contributed by atoms with Crippen molar-refractivity contribution in [3.63, 3.8) is 0 Å². The van der Waals surface area contributed by atoms with Gasteiger partial charge in [0, 0.05) is 11.3 Å². The minimum absolute atomic E-state index is 0.00498. The number of hydrogen-bond donors (Lipinski definition) is 1. The fourth-order valence-electron chi connectivity index (χ4n) is 5.33. The lowest BCUT2D eigenvalue weighted by atomic mass is 9.68. The molecule has 2 heteroatoms. The molecule has 4 atom stereocenters. The molecule has 2 saturated carbocycles. The van der Waals surface area contributed by atoms with E-state index in [1.165, 1.54) is 17.6 Å². The van der Waals surface area contributed by atoms with E-state index in [9.17, 15) is 5.11 Å². The molecule has 1 heterocycles. The second-order valence-corrected chi connectivity index (χ2v) is 6.55. The molecule has 4 aliphatic rings. The van der Waals surface area contributed by atoms with E-state index in [-0.39, 0.29) is 11.0 Å². The molecule has 1 saturated heterocycles. The second-order valence-electron chi connectivity index (χ2n) is 6.55. The van der Waals surface area contributed by atoms with Crippen LogP contribution in [0.3, 0.4) is 0 Å². The first-order chi connectivity index (χ1) is 7.55. The predicted octanol–water partition coefficient (Wildman–Crippen LogP) is 2.42. The minimum atomic E-state index is -0.573. The third-order valence-electron chi connectivity index (χ3n) is 6.10. The van der Waals surface area contributed by atoms with Gasteiger partial charge in [-0.3, -0.25) is 0 Å². The number of rotatable bonds is 0. The van der Waals surface area contributed by atoms with E-state index in [4.69, 9.17) is 4.74 Å². The Morgan fingerprint density at radius 3 is 3.00 bits per heavy atom. The molecule has 3 aliphatic carbocycles. The van der Waals surface area contributed by atoms with Crippen LogP contribution < -0.4 is 0 Å². The van der Waals surface area contributed by atoms with E-state index >= 15 is 0 Å². The SMILES string of the molecule is CC1=C2CCC[C@]23OC[C@@]2(C)CC[C@@H]1[C@]23O. The van der Waals surface area contributed by atoms with Gasteiger partial charge in [-0.25, -0.2) is 0 Å². The molecule has 1 N–H and O–H groups in total. The quantitative estimate of drug-likeness (QED) is 0.635. The Balaban J connectivity index is 2.01. The molecule has 1 spiro atoms. The van der Waals surface area contributed by atoms with E-state index in [2.05, 4.69) is 13.8 Å². The maximum Gasteiger partial charge on any atom is 0.119 e. The fourth-order valence-corrected chi connectivity index (χ4v) is 5.33. The highest BCUT2D eigenvalue weighted by Crippen LogP contribution is 2.71. The van der Waals surface area contributed by atoms with Gasteiger partial charge < -0.3 is 9.84 Å². The van der Waals surface area contributed by atoms with Gasteiger partial charge in [-0.05, 0) is 44.6 Å². The van der Waals surface area contributed by atoms with Gasteiger partial charge in [0.2, 0.25) is 0 Å². The van der Waals surface area contributed by atoms with Crippen LogP contribution in [0.25, 0.3) is 0 Å². The van der Waals surface area contributed by atoms with Gasteiger partial charge in [-0.15, -0.1) is 0 Å². The summed E-state index contributed by atoms with van der Waals surface area (Å²) in [6, 6.07) is 0. The van der Waals surface area contributed by atoms with Gasteiger partial charge in [0.1, 0.15) is 11.2 Å². The van der Waals surface area contributed by atoms with Crippen LogP contribution in [-0.2, 0) is 4.74 Å². The van der Waals surface area contributed by atoms with Crippen molar-refractivity contribution in [2.45, 2.75) is 57.2 Å². The molecule has 88 valence electrons. The zero-order valence-electron chi connectivity index (χ0n) is 10.2. The molecule has 1 aliphatic heterocycles. The highest BCUT2D eigenvalue weighted by molar-refractivity contribution is 5.47. The molecule has 2 nitrogen and oxygen atoms in total. The topological polar surface area (TPSA) is 29.5 Å². The van der Waals surface area contributed by atoms with E-state index < -0.39 is 5.60 Å². The molecular formula is C14H20O2. The van der Waals surface area contributed by atoms with Gasteiger partial charge in [-0.1, -0.05) is 12.5 Å². The Hall–Kier alpha value is -0.340. The van der Waals surface area contributed by atoms with Gasteiger partial charge in [0.25, 0.3) is 0 Å². The van der Waals surface area contributed by atoms with E-state index in [0.717, 1.165) is 32.3 Å². The molecule has 0 bridgehead atoms. The highest BCUT2D eigenvalue weighted by atomic mass is 16.5. The summed E-state index contributed by atoms with van der Waals surface area (Å²) in [7, 11) is 0. The lowest BCUT2D eigenvalue weighted by Gasteiger charge is -2.41. The minimum Gasteiger partial charge on any atom is -0.385 e. The average Bonchev–Trinajstić information content (AvgIpc) is 2.87. The third-order valence-corrected chi connectivity index (χ3v) is 6.10. The van der Waals surface area contributed by atoms with E-state index in [1.807, 2.05) is 0 Å². The largest absolute Gasteiger partial charge is 0.385 e. The first-order valence-corrected chi connectivity index (χ1v) is 6.62. The Kier molecular flexibility index (Phi) is 1.46. The summed E-state index contributed by atoms with van der Waals surface area (Å²) >= 11 is 0. The zero-order chi connectivity index (χ0) is 11.2. The molecule has 0 amide bonds. The molecule has 0 aromatic carbocycles. The lowest BCUT2D eigenvalue weighted by molar-refractivity contribution is -0.116. The number of hydrogen-bond acceptors (Lipinski definition) is 2. The van der Waals surface area contributed by atoms with Gasteiger partial charge in [0.05, 0.1) is 6.61 Å². The fraction of sp³-hybridized carbons (Fsp3) is 0.857. The van der Waals surface area contributed by atoms with Crippen molar-refractivity contribution in [1.82, 2.24) is 0 Å². The summed E-state index contributed by atoms with van der Waals surface area (Å²) in [6.07, 6.45) is 5.68. The monoisotopic (exact) mass is 220 g/mol. The van der Waals surface area contributed by atoms with Gasteiger partial charge >= 0.3 is 0 Å². The second kappa shape index (κ2) is 2.41. The average molecular weight is 220 g/mol. The van der Waals surface area contributed by atoms with Crippen molar-refractivity contribution in [2.75, 3.05) is 6.61 Å². The summed E-state index contributed by atoms with van der Waals surface area (Å²) in [5.41, 5.74) is 2.08. The Labute approximate surface area is 96.7 Å². The van der Waals surface area contributed by atoms with Crippen LogP contribution >= 0.6 is 0 Å². The Morgan fingerprint density at radius 2 is 2.19 bits per heavy atom. The number of ether oxygens (including phenoxy) is 1. The summed E-state index contributed by atoms with van der Waals surface area (Å²) in [4.78, 5) is 0. The molecule has 0 unspecified atom stereocenters. The van der Waals surface area contributed by atoms with Crippen LogP contribution in [0.2, 0.25) is 0 Å². The molecular weight excluding hydrogens is 200 g/mol. The Morgan fingerprint density at radius 1 is 1.38 bits per heavy atom. The highest BCUT2D eigenvalue weighted by Gasteiger charge is 2.77. The third kappa shape index (κ3) is 0.659. The molecule has 3 fully saturated rings. The van der Waals surface area contributed by atoms with Crippen molar-refractivity contribution in [3.05, 3.63) is 11.1 Å². The zero-order valence-corrected chi connectivity index (χ0v) is 10.2. The maximum atomic E-state index is 11.4. The van der Waals surface area contributed by atoms with Crippen molar-refractivity contribution < 1.29 is 9.84 Å². The van der Waals surface area contributed by atoms with Crippen molar-refractivity contribution in [1.29, 1.82) is 0 Å². The summed E-state index contributed by atoms with van der Waals surface area (Å²) in [5.74, 6) is 0.385. The van der Waals surface area contributed by atoms with Crippen LogP contribution in [-0.4, -0.2) is 22.9 Å². The van der Waals surface area contributed by atoms with Crippen LogP contribution in [0.5, 0.6) is 0 Å². The van der Waals surface area contributed by atoms with Gasteiger partial charge in [0.15, 0.2) is 0 Å². The molecule has 0 aromatic heterocycles. The standard InChI is InChI=1S/C14H20O2/c1-9-10-4-3-6-13(10)14(15)11(9)5-7-12(14,2)8-16-13/h11,15H,3-8H2,1-2H3/t11-,12+,13-,14-/m0/s1. The van der Waals surface area contributed by atoms with Crippen LogP contribution in [0.15, 0.2) is 11.1 Å². The van der Waals surface area contributed by atoms with Crippen molar-refractivity contribution >= 4 is 0 Å². The van der Waals surface area contributed by atoms with Crippen LogP contribution in [0, 0.1) is 11.3 Å². The van der Waals surface area contributed by atoms with Crippen LogP contribution in [0.1, 0.15) is 46.0 Å². The summed E-state index contributed by atoms with van der Waals surface area (Å²) in [6.45, 7) is 5.23.